The second kappa shape index (κ2) is 24.0. The Bertz CT molecular complexity index is 499. The molecular formula is C26H46O8. The summed E-state index contributed by atoms with van der Waals surface area (Å²) < 4.78 is 19.6. The molecule has 0 saturated carbocycles. The van der Waals surface area contributed by atoms with Gasteiger partial charge in [0.05, 0.1) is 0 Å². The van der Waals surface area contributed by atoms with Crippen molar-refractivity contribution in [2.75, 3.05) is 13.6 Å². The third-order valence-electron chi connectivity index (χ3n) is 5.36. The molecule has 34 heavy (non-hydrogen) atoms. The molecule has 0 saturated heterocycles. The van der Waals surface area contributed by atoms with E-state index in [1.807, 2.05) is 0 Å². The van der Waals surface area contributed by atoms with Gasteiger partial charge < -0.3 is 18.9 Å². The third-order valence-corrected chi connectivity index (χ3v) is 5.36. The smallest absolute Gasteiger partial charge is 0.308 e. The van der Waals surface area contributed by atoms with E-state index in [-0.39, 0.29) is 38.4 Å². The standard InChI is InChI=1S/C26H46O8/c1-3-5-7-9-13-17-23(27)31-21-33-25(29)19-15-11-12-16-20-26(30)34-22-32-24(28)18-14-10-8-6-4-2/h3-22H2,1-2H3. The molecule has 0 rings (SSSR count). The van der Waals surface area contributed by atoms with E-state index in [9.17, 15) is 19.2 Å². The average molecular weight is 487 g/mol. The fourth-order valence-corrected chi connectivity index (χ4v) is 3.25. The third kappa shape index (κ3) is 23.1. The lowest BCUT2D eigenvalue weighted by Gasteiger charge is -2.07. The van der Waals surface area contributed by atoms with Crippen LogP contribution in [0, 0.1) is 0 Å². The largest absolute Gasteiger partial charge is 0.428 e. The van der Waals surface area contributed by atoms with Crippen LogP contribution in [-0.2, 0) is 38.1 Å². The van der Waals surface area contributed by atoms with Crippen LogP contribution in [0.15, 0.2) is 0 Å². The van der Waals surface area contributed by atoms with Gasteiger partial charge in [0, 0.05) is 25.7 Å². The van der Waals surface area contributed by atoms with Gasteiger partial charge in [0.15, 0.2) is 0 Å². The first-order valence-corrected chi connectivity index (χ1v) is 13.1. The molecule has 8 heteroatoms. The lowest BCUT2D eigenvalue weighted by molar-refractivity contribution is -0.169. The van der Waals surface area contributed by atoms with Crippen molar-refractivity contribution >= 4 is 23.9 Å². The molecule has 0 aliphatic rings. The van der Waals surface area contributed by atoms with Crippen LogP contribution in [0.4, 0.5) is 0 Å². The summed E-state index contributed by atoms with van der Waals surface area (Å²) in [4.78, 5) is 46.4. The van der Waals surface area contributed by atoms with E-state index in [2.05, 4.69) is 13.8 Å². The molecule has 0 unspecified atom stereocenters. The predicted octanol–water partition coefficient (Wildman–Crippen LogP) is 6.14. The molecule has 8 nitrogen and oxygen atoms in total. The van der Waals surface area contributed by atoms with Crippen molar-refractivity contribution in [3.63, 3.8) is 0 Å². The summed E-state index contributed by atoms with van der Waals surface area (Å²) in [7, 11) is 0. The summed E-state index contributed by atoms with van der Waals surface area (Å²) in [6.07, 6.45) is 14.5. The fourth-order valence-electron chi connectivity index (χ4n) is 3.25. The van der Waals surface area contributed by atoms with Gasteiger partial charge in [0.25, 0.3) is 0 Å². The molecule has 0 amide bonds. The zero-order valence-electron chi connectivity index (χ0n) is 21.4. The molecule has 0 spiro atoms. The van der Waals surface area contributed by atoms with Crippen LogP contribution in [0.1, 0.15) is 129 Å². The number of unbranched alkanes of at least 4 members (excludes halogenated alkanes) is 11. The van der Waals surface area contributed by atoms with Gasteiger partial charge >= 0.3 is 23.9 Å². The van der Waals surface area contributed by atoms with Crippen LogP contribution in [0.5, 0.6) is 0 Å². The minimum Gasteiger partial charge on any atom is -0.428 e. The Hall–Kier alpha value is -2.12. The fraction of sp³-hybridized carbons (Fsp3) is 0.846. The van der Waals surface area contributed by atoms with E-state index in [1.165, 1.54) is 12.8 Å². The van der Waals surface area contributed by atoms with Crippen molar-refractivity contribution in [3.05, 3.63) is 0 Å². The molecule has 0 atom stereocenters. The van der Waals surface area contributed by atoms with Gasteiger partial charge in [-0.1, -0.05) is 78.1 Å². The lowest BCUT2D eigenvalue weighted by atomic mass is 10.1. The Morgan fingerprint density at radius 2 is 0.618 bits per heavy atom. The Morgan fingerprint density at radius 1 is 0.382 bits per heavy atom. The van der Waals surface area contributed by atoms with E-state index < -0.39 is 11.9 Å². The molecule has 0 bridgehead atoms. The van der Waals surface area contributed by atoms with Crippen molar-refractivity contribution in [1.82, 2.24) is 0 Å². The number of carbonyl (C=O) groups is 4. The normalized spacial score (nSPS) is 10.5. The highest BCUT2D eigenvalue weighted by Crippen LogP contribution is 2.09. The Labute approximate surface area is 205 Å². The van der Waals surface area contributed by atoms with E-state index in [1.54, 1.807) is 0 Å². The molecule has 0 aliphatic carbocycles. The van der Waals surface area contributed by atoms with E-state index in [0.29, 0.717) is 25.7 Å². The maximum atomic E-state index is 11.7. The summed E-state index contributed by atoms with van der Waals surface area (Å²) in [5.74, 6) is -1.48. The molecule has 0 heterocycles. The van der Waals surface area contributed by atoms with Crippen molar-refractivity contribution in [2.45, 2.75) is 129 Å². The minimum atomic E-state index is -0.401. The molecule has 0 fully saturated rings. The van der Waals surface area contributed by atoms with E-state index in [0.717, 1.165) is 64.2 Å². The molecule has 0 aromatic rings. The Kier molecular flexibility index (Phi) is 22.5. The molecule has 0 radical (unpaired) electrons. The molecule has 0 aromatic carbocycles. The monoisotopic (exact) mass is 486 g/mol. The minimum absolute atomic E-state index is 0.243. The number of rotatable bonds is 23. The predicted molar refractivity (Wildman–Crippen MR) is 129 cm³/mol. The first-order chi connectivity index (χ1) is 16.5. The van der Waals surface area contributed by atoms with Crippen molar-refractivity contribution < 1.29 is 38.1 Å². The quantitative estimate of drug-likeness (QED) is 0.0964. The van der Waals surface area contributed by atoms with Crippen molar-refractivity contribution in [2.24, 2.45) is 0 Å². The molecule has 0 aromatic heterocycles. The van der Waals surface area contributed by atoms with Gasteiger partial charge in [0.1, 0.15) is 0 Å². The zero-order valence-corrected chi connectivity index (χ0v) is 21.4. The van der Waals surface area contributed by atoms with Gasteiger partial charge in [0.2, 0.25) is 13.6 Å². The summed E-state index contributed by atoms with van der Waals surface area (Å²) in [6, 6.07) is 0. The molecule has 198 valence electrons. The molecular weight excluding hydrogens is 440 g/mol. The Balaban J connectivity index is 3.48. The maximum Gasteiger partial charge on any atom is 0.308 e. The highest BCUT2D eigenvalue weighted by molar-refractivity contribution is 5.71. The van der Waals surface area contributed by atoms with E-state index in [4.69, 9.17) is 18.9 Å². The topological polar surface area (TPSA) is 105 Å². The summed E-state index contributed by atoms with van der Waals surface area (Å²) in [5.41, 5.74) is 0. The van der Waals surface area contributed by atoms with Gasteiger partial charge in [-0.25, -0.2) is 0 Å². The number of carbonyl (C=O) groups excluding carboxylic acids is 4. The van der Waals surface area contributed by atoms with Crippen LogP contribution < -0.4 is 0 Å². The number of ether oxygens (including phenoxy) is 4. The lowest BCUT2D eigenvalue weighted by Crippen LogP contribution is -2.13. The van der Waals surface area contributed by atoms with Gasteiger partial charge in [-0.3, -0.25) is 19.2 Å². The SMILES string of the molecule is CCCCCCCC(=O)OCOC(=O)CCCCCCC(=O)OCOC(=O)CCCCCCC. The second-order valence-electron chi connectivity index (χ2n) is 8.54. The van der Waals surface area contributed by atoms with Crippen molar-refractivity contribution in [3.8, 4) is 0 Å². The van der Waals surface area contributed by atoms with Gasteiger partial charge in [-0.15, -0.1) is 0 Å². The number of esters is 4. The van der Waals surface area contributed by atoms with Crippen LogP contribution >= 0.6 is 0 Å². The van der Waals surface area contributed by atoms with E-state index >= 15 is 0 Å². The first kappa shape index (κ1) is 31.9. The number of hydrogen-bond acceptors (Lipinski definition) is 8. The highest BCUT2D eigenvalue weighted by atomic mass is 16.7. The van der Waals surface area contributed by atoms with Crippen molar-refractivity contribution in [1.29, 1.82) is 0 Å². The highest BCUT2D eigenvalue weighted by Gasteiger charge is 2.08. The second-order valence-corrected chi connectivity index (χ2v) is 8.54. The van der Waals surface area contributed by atoms with Crippen LogP contribution in [0.2, 0.25) is 0 Å². The summed E-state index contributed by atoms with van der Waals surface area (Å²) in [6.45, 7) is 3.61. The first-order valence-electron chi connectivity index (χ1n) is 13.1. The zero-order chi connectivity index (χ0) is 25.3. The maximum absolute atomic E-state index is 11.7. The Morgan fingerprint density at radius 3 is 0.853 bits per heavy atom. The molecule has 0 aliphatic heterocycles. The summed E-state index contributed by atoms with van der Waals surface area (Å²) in [5, 5.41) is 0. The number of hydrogen-bond donors (Lipinski definition) is 0. The molecule has 0 N–H and O–H groups in total. The van der Waals surface area contributed by atoms with Gasteiger partial charge in [-0.05, 0) is 25.7 Å². The average Bonchev–Trinajstić information content (AvgIpc) is 2.81. The van der Waals surface area contributed by atoms with Crippen LogP contribution in [0.3, 0.4) is 0 Å². The van der Waals surface area contributed by atoms with Crippen LogP contribution in [0.25, 0.3) is 0 Å². The van der Waals surface area contributed by atoms with Crippen LogP contribution in [-0.4, -0.2) is 37.5 Å². The summed E-state index contributed by atoms with van der Waals surface area (Å²) >= 11 is 0. The van der Waals surface area contributed by atoms with Gasteiger partial charge in [-0.2, -0.15) is 0 Å².